The first-order valence-corrected chi connectivity index (χ1v) is 8.55. The Bertz CT molecular complexity index is 1110. The predicted molar refractivity (Wildman–Crippen MR) is 97.8 cm³/mol. The zero-order valence-corrected chi connectivity index (χ0v) is 14.7. The Morgan fingerprint density at radius 1 is 1.11 bits per heavy atom. The number of carbonyl (C=O) groups excluding carboxylic acids is 1. The molecule has 2 heterocycles. The van der Waals surface area contributed by atoms with E-state index in [2.05, 4.69) is 10.3 Å². The van der Waals surface area contributed by atoms with Gasteiger partial charge in [-0.05, 0) is 48.9 Å². The van der Waals surface area contributed by atoms with Crippen LogP contribution in [0, 0.1) is 12.7 Å². The SMILES string of the molecule is Cc1ccc(CNC(=O)c2ccc3nc(Cc4ccccc4F)oc3c2)o1. The smallest absolute Gasteiger partial charge is 0.251 e. The van der Waals surface area contributed by atoms with Crippen LogP contribution in [0.3, 0.4) is 0 Å². The van der Waals surface area contributed by atoms with Gasteiger partial charge >= 0.3 is 0 Å². The molecule has 4 aromatic rings. The van der Waals surface area contributed by atoms with Crippen molar-refractivity contribution in [1.82, 2.24) is 10.3 Å². The standard InChI is InChI=1S/C21H17FN2O3/c1-13-6-8-16(26-13)12-23-21(25)15-7-9-18-19(10-15)27-20(24-18)11-14-4-2-3-5-17(14)22/h2-10H,11-12H2,1H3,(H,23,25). The highest BCUT2D eigenvalue weighted by Gasteiger charge is 2.13. The summed E-state index contributed by atoms with van der Waals surface area (Å²) in [6, 6.07) is 15.2. The van der Waals surface area contributed by atoms with Crippen molar-refractivity contribution in [3.63, 3.8) is 0 Å². The number of aryl methyl sites for hydroxylation is 1. The van der Waals surface area contributed by atoms with Crippen LogP contribution in [-0.4, -0.2) is 10.9 Å². The van der Waals surface area contributed by atoms with E-state index in [1.165, 1.54) is 6.07 Å². The van der Waals surface area contributed by atoms with Gasteiger partial charge < -0.3 is 14.2 Å². The molecule has 0 aliphatic carbocycles. The van der Waals surface area contributed by atoms with E-state index < -0.39 is 0 Å². The second-order valence-electron chi connectivity index (χ2n) is 6.25. The molecule has 1 amide bonds. The molecule has 0 aliphatic rings. The summed E-state index contributed by atoms with van der Waals surface area (Å²) in [5.41, 5.74) is 2.08. The van der Waals surface area contributed by atoms with E-state index in [0.717, 1.165) is 5.76 Å². The van der Waals surface area contributed by atoms with Crippen molar-refractivity contribution >= 4 is 17.0 Å². The molecule has 5 nitrogen and oxygen atoms in total. The van der Waals surface area contributed by atoms with Crippen LogP contribution in [0.2, 0.25) is 0 Å². The number of aromatic nitrogens is 1. The summed E-state index contributed by atoms with van der Waals surface area (Å²) >= 11 is 0. The normalized spacial score (nSPS) is 11.0. The minimum Gasteiger partial charge on any atom is -0.465 e. The predicted octanol–water partition coefficient (Wildman–Crippen LogP) is 4.39. The van der Waals surface area contributed by atoms with Crippen molar-refractivity contribution in [3.05, 3.63) is 89.0 Å². The van der Waals surface area contributed by atoms with E-state index in [9.17, 15) is 9.18 Å². The molecule has 0 saturated carbocycles. The van der Waals surface area contributed by atoms with E-state index >= 15 is 0 Å². The molecular weight excluding hydrogens is 347 g/mol. The van der Waals surface area contributed by atoms with Crippen molar-refractivity contribution in [2.24, 2.45) is 0 Å². The van der Waals surface area contributed by atoms with Gasteiger partial charge in [0.15, 0.2) is 11.5 Å². The molecule has 6 heteroatoms. The summed E-state index contributed by atoms with van der Waals surface area (Å²) in [5, 5.41) is 2.80. The van der Waals surface area contributed by atoms with E-state index in [1.807, 2.05) is 19.1 Å². The molecule has 4 rings (SSSR count). The van der Waals surface area contributed by atoms with Gasteiger partial charge in [0.2, 0.25) is 0 Å². The molecule has 136 valence electrons. The lowest BCUT2D eigenvalue weighted by Gasteiger charge is -2.03. The molecule has 0 bridgehead atoms. The summed E-state index contributed by atoms with van der Waals surface area (Å²) in [5.74, 6) is 1.35. The van der Waals surface area contributed by atoms with Gasteiger partial charge in [-0.25, -0.2) is 9.37 Å². The lowest BCUT2D eigenvalue weighted by molar-refractivity contribution is 0.0948. The average Bonchev–Trinajstić information content (AvgIpc) is 3.26. The van der Waals surface area contributed by atoms with Crippen LogP contribution in [0.25, 0.3) is 11.1 Å². The zero-order valence-electron chi connectivity index (χ0n) is 14.7. The quantitative estimate of drug-likeness (QED) is 0.570. The minimum absolute atomic E-state index is 0.238. The van der Waals surface area contributed by atoms with Gasteiger partial charge in [-0.1, -0.05) is 18.2 Å². The highest BCUT2D eigenvalue weighted by atomic mass is 19.1. The average molecular weight is 364 g/mol. The van der Waals surface area contributed by atoms with Crippen LogP contribution in [0.1, 0.15) is 33.3 Å². The highest BCUT2D eigenvalue weighted by molar-refractivity contribution is 5.96. The molecule has 27 heavy (non-hydrogen) atoms. The van der Waals surface area contributed by atoms with Crippen molar-refractivity contribution in [2.75, 3.05) is 0 Å². The molecule has 0 unspecified atom stereocenters. The van der Waals surface area contributed by atoms with Crippen LogP contribution in [-0.2, 0) is 13.0 Å². The van der Waals surface area contributed by atoms with Gasteiger partial charge in [0.25, 0.3) is 5.91 Å². The fraction of sp³-hybridized carbons (Fsp3) is 0.143. The number of nitrogens with one attached hydrogen (secondary N) is 1. The monoisotopic (exact) mass is 364 g/mol. The summed E-state index contributed by atoms with van der Waals surface area (Å²) in [7, 11) is 0. The van der Waals surface area contributed by atoms with Gasteiger partial charge in [-0.15, -0.1) is 0 Å². The fourth-order valence-electron chi connectivity index (χ4n) is 2.84. The molecule has 0 saturated heterocycles. The van der Waals surface area contributed by atoms with Gasteiger partial charge in [-0.3, -0.25) is 4.79 Å². The molecule has 0 radical (unpaired) electrons. The third-order valence-electron chi connectivity index (χ3n) is 4.21. The van der Waals surface area contributed by atoms with Crippen LogP contribution >= 0.6 is 0 Å². The van der Waals surface area contributed by atoms with E-state index in [1.54, 1.807) is 36.4 Å². The first-order chi connectivity index (χ1) is 13.1. The maximum absolute atomic E-state index is 13.8. The van der Waals surface area contributed by atoms with E-state index in [4.69, 9.17) is 8.83 Å². The van der Waals surface area contributed by atoms with Crippen LogP contribution in [0.5, 0.6) is 0 Å². The largest absolute Gasteiger partial charge is 0.465 e. The van der Waals surface area contributed by atoms with Crippen molar-refractivity contribution < 1.29 is 18.0 Å². The van der Waals surface area contributed by atoms with E-state index in [0.29, 0.717) is 40.4 Å². The molecule has 2 aromatic heterocycles. The number of hydrogen-bond donors (Lipinski definition) is 1. The zero-order chi connectivity index (χ0) is 18.8. The number of hydrogen-bond acceptors (Lipinski definition) is 4. The fourth-order valence-corrected chi connectivity index (χ4v) is 2.84. The summed E-state index contributed by atoms with van der Waals surface area (Å²) in [6.07, 6.45) is 0.251. The third-order valence-corrected chi connectivity index (χ3v) is 4.21. The Hall–Kier alpha value is -3.41. The molecule has 0 spiro atoms. The summed E-state index contributed by atoms with van der Waals surface area (Å²) < 4.78 is 24.9. The Balaban J connectivity index is 1.50. The van der Waals surface area contributed by atoms with Gasteiger partial charge in [0.1, 0.15) is 22.9 Å². The minimum atomic E-state index is -0.298. The lowest BCUT2D eigenvalue weighted by atomic mass is 10.1. The Kier molecular flexibility index (Phi) is 4.46. The van der Waals surface area contributed by atoms with Crippen molar-refractivity contribution in [3.8, 4) is 0 Å². The van der Waals surface area contributed by atoms with Crippen molar-refractivity contribution in [1.29, 1.82) is 0 Å². The number of furan rings is 1. The number of halogens is 1. The Morgan fingerprint density at radius 3 is 2.74 bits per heavy atom. The Labute approximate surface area is 154 Å². The molecular formula is C21H17FN2O3. The highest BCUT2D eigenvalue weighted by Crippen LogP contribution is 2.20. The molecule has 0 aliphatic heterocycles. The van der Waals surface area contributed by atoms with Gasteiger partial charge in [0.05, 0.1) is 13.0 Å². The number of nitrogens with zero attached hydrogens (tertiary/aromatic N) is 1. The lowest BCUT2D eigenvalue weighted by Crippen LogP contribution is -2.22. The van der Waals surface area contributed by atoms with Gasteiger partial charge in [-0.2, -0.15) is 0 Å². The second-order valence-corrected chi connectivity index (χ2v) is 6.25. The van der Waals surface area contributed by atoms with E-state index in [-0.39, 0.29) is 18.1 Å². The summed E-state index contributed by atoms with van der Waals surface area (Å²) in [4.78, 5) is 16.7. The van der Waals surface area contributed by atoms with Crippen molar-refractivity contribution in [2.45, 2.75) is 19.9 Å². The molecule has 1 N–H and O–H groups in total. The number of benzene rings is 2. The number of amides is 1. The number of oxazole rings is 1. The third kappa shape index (κ3) is 3.74. The topological polar surface area (TPSA) is 68.3 Å². The van der Waals surface area contributed by atoms with Crippen LogP contribution in [0.4, 0.5) is 4.39 Å². The molecule has 0 atom stereocenters. The number of fused-ring (bicyclic) bond motifs is 1. The van der Waals surface area contributed by atoms with Crippen LogP contribution < -0.4 is 5.32 Å². The summed E-state index contributed by atoms with van der Waals surface area (Å²) in [6.45, 7) is 2.15. The molecule has 0 fully saturated rings. The number of rotatable bonds is 5. The maximum Gasteiger partial charge on any atom is 0.251 e. The maximum atomic E-state index is 13.8. The van der Waals surface area contributed by atoms with Crippen LogP contribution in [0.15, 0.2) is 63.4 Å². The molecule has 2 aromatic carbocycles. The number of carbonyl (C=O) groups is 1. The first kappa shape index (κ1) is 17.0. The van der Waals surface area contributed by atoms with Gasteiger partial charge in [0, 0.05) is 5.56 Å². The first-order valence-electron chi connectivity index (χ1n) is 8.55. The second kappa shape index (κ2) is 7.07. The Morgan fingerprint density at radius 2 is 1.96 bits per heavy atom.